The first-order valence-corrected chi connectivity index (χ1v) is 20.7. The number of carbonyl (C=O) groups is 3. The van der Waals surface area contributed by atoms with Crippen LogP contribution in [0.4, 0.5) is 5.82 Å². The van der Waals surface area contributed by atoms with E-state index in [1.807, 2.05) is 74.0 Å². The Balaban J connectivity index is 1.06. The minimum absolute atomic E-state index is 0.0268. The van der Waals surface area contributed by atoms with Crippen molar-refractivity contribution in [2.75, 3.05) is 71.1 Å². The Labute approximate surface area is 353 Å². The second-order valence-electron chi connectivity index (χ2n) is 14.8. The summed E-state index contributed by atoms with van der Waals surface area (Å²) < 4.78 is 41.1. The molecule has 1 fully saturated rings. The maximum Gasteiger partial charge on any atom is 0.351 e. The molecule has 0 saturated carbocycles. The number of amides is 2. The van der Waals surface area contributed by atoms with Gasteiger partial charge in [0.2, 0.25) is 5.91 Å². The molecule has 4 heterocycles. The number of anilines is 1. The van der Waals surface area contributed by atoms with E-state index in [4.69, 9.17) is 25.1 Å². The summed E-state index contributed by atoms with van der Waals surface area (Å²) >= 11 is 0. The molecule has 1 aliphatic heterocycles. The van der Waals surface area contributed by atoms with Crippen LogP contribution >= 0.6 is 0 Å². The number of hydrogen-bond acceptors (Lipinski definition) is 13. The lowest BCUT2D eigenvalue weighted by Gasteiger charge is -2.18. The van der Waals surface area contributed by atoms with Gasteiger partial charge in [-0.3, -0.25) is 19.0 Å². The van der Waals surface area contributed by atoms with Crippen LogP contribution in [-0.4, -0.2) is 111 Å². The number of unbranched alkanes of at least 4 members (excludes halogenated alkanes) is 1. The Kier molecular flexibility index (Phi) is 19.8. The third kappa shape index (κ3) is 15.6. The number of nitrogens with one attached hydrogen (secondary N) is 4. The Hall–Kier alpha value is -4.85. The predicted molar refractivity (Wildman–Crippen MR) is 220 cm³/mol. The highest BCUT2D eigenvalue weighted by Gasteiger charge is 2.39. The van der Waals surface area contributed by atoms with E-state index >= 15 is 0 Å². The third-order valence-corrected chi connectivity index (χ3v) is 9.78. The van der Waals surface area contributed by atoms with E-state index in [-0.39, 0.29) is 43.1 Å². The minimum Gasteiger partial charge on any atom is -0.459 e. The highest BCUT2D eigenvalue weighted by Crippen LogP contribution is 2.31. The lowest BCUT2D eigenvalue weighted by atomic mass is 9.99. The van der Waals surface area contributed by atoms with Crippen LogP contribution in [0, 0.1) is 13.8 Å². The number of nitrogens with zero attached hydrogens (tertiary/aromatic N) is 4. The van der Waals surface area contributed by atoms with E-state index in [0.717, 1.165) is 29.5 Å². The van der Waals surface area contributed by atoms with Crippen LogP contribution in [0.5, 0.6) is 0 Å². The molecule has 0 radical (unpaired) electrons. The largest absolute Gasteiger partial charge is 0.459 e. The number of hydroxylamine groups is 1. The van der Waals surface area contributed by atoms with Gasteiger partial charge in [-0.25, -0.2) is 19.4 Å². The van der Waals surface area contributed by atoms with Crippen LogP contribution in [0.15, 0.2) is 47.9 Å². The summed E-state index contributed by atoms with van der Waals surface area (Å²) in [4.78, 5) is 54.8. The van der Waals surface area contributed by atoms with Crippen LogP contribution in [-0.2, 0) is 47.4 Å². The minimum atomic E-state index is -0.885. The van der Waals surface area contributed by atoms with Crippen molar-refractivity contribution in [3.05, 3.63) is 70.3 Å². The van der Waals surface area contributed by atoms with Gasteiger partial charge < -0.3 is 44.8 Å². The quantitative estimate of drug-likeness (QED) is 0.0321. The van der Waals surface area contributed by atoms with Gasteiger partial charge in [-0.2, -0.15) is 4.98 Å². The average molecular weight is 842 g/mol. The molecule has 1 aliphatic rings. The molecule has 4 rings (SSSR count). The lowest BCUT2D eigenvalue weighted by Crippen LogP contribution is -2.35. The van der Waals surface area contributed by atoms with Crippen molar-refractivity contribution in [2.24, 2.45) is 14.1 Å². The Morgan fingerprint density at radius 2 is 1.55 bits per heavy atom. The summed E-state index contributed by atoms with van der Waals surface area (Å²) in [5, 5.41) is 18.5. The highest BCUT2D eigenvalue weighted by molar-refractivity contribution is 6.00. The molecule has 5 N–H and O–H groups in total. The van der Waals surface area contributed by atoms with Gasteiger partial charge in [0, 0.05) is 69.6 Å². The molecule has 0 bridgehead atoms. The van der Waals surface area contributed by atoms with E-state index < -0.39 is 30.1 Å². The third-order valence-electron chi connectivity index (χ3n) is 9.78. The number of esters is 1. The normalized spacial score (nSPS) is 16.4. The highest BCUT2D eigenvalue weighted by atomic mass is 16.6. The van der Waals surface area contributed by atoms with Crippen LogP contribution < -0.4 is 36.2 Å². The maximum atomic E-state index is 13.1. The summed E-state index contributed by atoms with van der Waals surface area (Å²) in [6.45, 7) is 9.75. The van der Waals surface area contributed by atoms with Gasteiger partial charge in [0.25, 0.3) is 5.91 Å². The van der Waals surface area contributed by atoms with Gasteiger partial charge in [0.1, 0.15) is 38.3 Å². The van der Waals surface area contributed by atoms with E-state index in [0.29, 0.717) is 89.1 Å². The van der Waals surface area contributed by atoms with Gasteiger partial charge >= 0.3 is 11.7 Å². The van der Waals surface area contributed by atoms with Crippen molar-refractivity contribution < 1.29 is 53.8 Å². The standard InChI is InChI=1S/C42H62N8O10/c1-6-7-14-43-37(51)10-11-39(52)60-35-25-38(59-36(35)26-46-55)50-27-31(3)40(47-42(50)54)44-15-8-19-56-21-23-58-24-22-57-20-9-16-45-41(53)32-13-18-49(5)29-34(32)33-28-48(4)17-12-30(33)2/h12-13,17-18,27-29,35-36,38,46,55H,6-11,14-16,19-26H2,1-5H3,(H-2,43,44,45,47,51,53,54)/p+2/i/hD. The molecule has 3 aromatic rings. The number of aryl methyl sites for hydroxylation is 4. The number of carbonyl (C=O) groups excluding carboxylic acids is 3. The predicted octanol–water partition coefficient (Wildman–Crippen LogP) is 1.72. The molecular formula is C42H64N8O10+2. The molecule has 0 aromatic carbocycles. The van der Waals surface area contributed by atoms with E-state index in [2.05, 4.69) is 20.9 Å². The zero-order valence-electron chi connectivity index (χ0n) is 36.7. The van der Waals surface area contributed by atoms with E-state index in [9.17, 15) is 24.4 Å². The number of aromatic nitrogens is 4. The van der Waals surface area contributed by atoms with Gasteiger partial charge in [-0.15, -0.1) is 0 Å². The molecule has 18 heteroatoms. The van der Waals surface area contributed by atoms with Gasteiger partial charge in [0.15, 0.2) is 26.2 Å². The summed E-state index contributed by atoms with van der Waals surface area (Å²) in [6.07, 6.45) is 9.91. The van der Waals surface area contributed by atoms with Crippen molar-refractivity contribution in [1.29, 1.82) is 0 Å². The topological polar surface area (TPSA) is 208 Å². The van der Waals surface area contributed by atoms with Crippen LogP contribution in [0.25, 0.3) is 11.1 Å². The molecule has 1 saturated heterocycles. The molecule has 3 unspecified atom stereocenters. The Bertz CT molecular complexity index is 1930. The molecule has 330 valence electrons. The second-order valence-corrected chi connectivity index (χ2v) is 14.8. The van der Waals surface area contributed by atoms with Crippen molar-refractivity contribution in [3.8, 4) is 11.1 Å². The second kappa shape index (κ2) is 25.7. The molecular weight excluding hydrogens is 777 g/mol. The van der Waals surface area contributed by atoms with Crippen molar-refractivity contribution in [2.45, 2.75) is 84.2 Å². The van der Waals surface area contributed by atoms with E-state index in [1.165, 1.54) is 4.57 Å². The van der Waals surface area contributed by atoms with Crippen molar-refractivity contribution in [3.63, 3.8) is 0 Å². The summed E-state index contributed by atoms with van der Waals surface area (Å²) in [7, 11) is 3.90. The van der Waals surface area contributed by atoms with Gasteiger partial charge in [-0.05, 0) is 38.7 Å². The smallest absolute Gasteiger partial charge is 0.351 e. The fourth-order valence-electron chi connectivity index (χ4n) is 6.48. The van der Waals surface area contributed by atoms with Crippen molar-refractivity contribution in [1.82, 2.24) is 25.7 Å². The van der Waals surface area contributed by atoms with Crippen LogP contribution in [0.2, 0.25) is 1.41 Å². The average Bonchev–Trinajstić information content (AvgIpc) is 3.60. The van der Waals surface area contributed by atoms with Gasteiger partial charge in [0.05, 0.1) is 56.1 Å². The Morgan fingerprint density at radius 3 is 2.25 bits per heavy atom. The molecule has 3 atom stereocenters. The molecule has 60 heavy (non-hydrogen) atoms. The van der Waals surface area contributed by atoms with E-state index in [1.54, 1.807) is 13.1 Å². The first kappa shape index (κ1) is 46.2. The number of ether oxygens (including phenoxy) is 5. The van der Waals surface area contributed by atoms with Crippen molar-refractivity contribution >= 4 is 23.6 Å². The van der Waals surface area contributed by atoms with Gasteiger partial charge in [-0.1, -0.05) is 13.3 Å². The zero-order valence-corrected chi connectivity index (χ0v) is 35.7. The lowest BCUT2D eigenvalue weighted by molar-refractivity contribution is -0.672. The SMILES string of the molecule is [2H]N(O)CC1OC(n2cc(C)c(NCCCOCCOCCOCCCNC(=O)c3cc[n+](C)cc3-c3c[n+](C)ccc3C)nc2=O)CC1OC(=O)CCC(=O)NCCCC. The maximum absolute atomic E-state index is 13.1. The fourth-order valence-corrected chi connectivity index (χ4v) is 6.48. The Morgan fingerprint density at radius 1 is 0.900 bits per heavy atom. The summed E-state index contributed by atoms with van der Waals surface area (Å²) in [5.74, 6) is -0.569. The van der Waals surface area contributed by atoms with Crippen LogP contribution in [0.3, 0.4) is 0 Å². The first-order chi connectivity index (χ1) is 29.4. The fraction of sp³-hybridized carbons (Fsp3) is 0.595. The molecule has 3 aromatic heterocycles. The number of pyridine rings is 2. The monoisotopic (exact) mass is 841 g/mol. The summed E-state index contributed by atoms with van der Waals surface area (Å²) in [6, 6.07) is 3.88. The molecule has 18 nitrogen and oxygen atoms in total. The summed E-state index contributed by atoms with van der Waals surface area (Å²) in [5.41, 5.74) is 3.90. The molecule has 0 aliphatic carbocycles. The number of rotatable bonds is 27. The zero-order chi connectivity index (χ0) is 44.1. The first-order valence-electron chi connectivity index (χ1n) is 21.2. The molecule has 0 spiro atoms. The molecule has 2 amide bonds. The number of hydrogen-bond donors (Lipinski definition) is 5. The van der Waals surface area contributed by atoms with Crippen LogP contribution in [0.1, 0.15) is 79.6 Å².